The largest absolute Gasteiger partial charge is 0.465 e. The van der Waals surface area contributed by atoms with Crippen molar-refractivity contribution in [3.63, 3.8) is 0 Å². The van der Waals surface area contributed by atoms with Crippen molar-refractivity contribution in [3.05, 3.63) is 30.1 Å². The van der Waals surface area contributed by atoms with Gasteiger partial charge in [-0.25, -0.2) is 14.8 Å². The summed E-state index contributed by atoms with van der Waals surface area (Å²) < 4.78 is 10.4. The minimum Gasteiger partial charge on any atom is -0.465 e. The van der Waals surface area contributed by atoms with Gasteiger partial charge in [-0.2, -0.15) is 0 Å². The van der Waals surface area contributed by atoms with Crippen LogP contribution < -0.4 is 5.32 Å². The molecule has 8 heteroatoms. The van der Waals surface area contributed by atoms with E-state index >= 15 is 0 Å². The molecule has 2 N–H and O–H groups in total. The van der Waals surface area contributed by atoms with Gasteiger partial charge in [0.05, 0.1) is 31.3 Å². The normalized spacial score (nSPS) is 23.0. The number of morpholine rings is 1. The summed E-state index contributed by atoms with van der Waals surface area (Å²) >= 11 is 0. The Balaban J connectivity index is 1.37. The highest BCUT2D eigenvalue weighted by atomic mass is 16.5. The lowest BCUT2D eigenvalue weighted by atomic mass is 9.90. The molecule has 3 aromatic rings. The number of aromatic nitrogens is 3. The molecule has 3 heterocycles. The van der Waals surface area contributed by atoms with Crippen LogP contribution in [0.25, 0.3) is 21.9 Å². The molecule has 0 unspecified atom stereocenters. The molecule has 0 amide bonds. The number of fused-ring (bicyclic) bond motifs is 3. The lowest BCUT2D eigenvalue weighted by Gasteiger charge is -2.39. The Bertz CT molecular complexity index is 1050. The SMILES string of the molecule is COC(=O)c1ccc2[nH]c3ncnc(NC4CCC(N5CCOCC5)CC4)c3c2c1. The molecule has 0 bridgehead atoms. The van der Waals surface area contributed by atoms with Crippen molar-refractivity contribution in [2.75, 3.05) is 38.7 Å². The molecule has 1 saturated carbocycles. The van der Waals surface area contributed by atoms with Crippen LogP contribution in [0.5, 0.6) is 0 Å². The van der Waals surface area contributed by atoms with E-state index in [1.165, 1.54) is 20.0 Å². The standard InChI is InChI=1S/C22H27N5O3/c1-29-22(28)14-2-7-18-17(12-14)19-20(23-13-24-21(19)26-18)25-15-3-5-16(6-4-15)27-8-10-30-11-9-27/h2,7,12-13,15-16H,3-6,8-11H2,1H3,(H2,23,24,25,26). The second-order valence-corrected chi connectivity index (χ2v) is 8.12. The average molecular weight is 409 g/mol. The summed E-state index contributed by atoms with van der Waals surface area (Å²) in [5.41, 5.74) is 2.22. The van der Waals surface area contributed by atoms with Gasteiger partial charge in [0.15, 0.2) is 0 Å². The van der Waals surface area contributed by atoms with Crippen molar-refractivity contribution in [2.45, 2.75) is 37.8 Å². The summed E-state index contributed by atoms with van der Waals surface area (Å²) in [6, 6.07) is 6.55. The minimum absolute atomic E-state index is 0.348. The molecule has 5 rings (SSSR count). The van der Waals surface area contributed by atoms with Gasteiger partial charge in [-0.15, -0.1) is 0 Å². The fourth-order valence-corrected chi connectivity index (χ4v) is 4.80. The number of hydrogen-bond donors (Lipinski definition) is 2. The lowest BCUT2D eigenvalue weighted by Crippen LogP contribution is -2.46. The van der Waals surface area contributed by atoms with Gasteiger partial charge >= 0.3 is 5.97 Å². The van der Waals surface area contributed by atoms with Crippen LogP contribution in [0.2, 0.25) is 0 Å². The molecule has 2 fully saturated rings. The van der Waals surface area contributed by atoms with Crippen molar-refractivity contribution in [3.8, 4) is 0 Å². The zero-order chi connectivity index (χ0) is 20.5. The highest BCUT2D eigenvalue weighted by Crippen LogP contribution is 2.32. The van der Waals surface area contributed by atoms with E-state index in [0.29, 0.717) is 17.6 Å². The number of carbonyl (C=O) groups excluding carboxylic acids is 1. The van der Waals surface area contributed by atoms with Crippen LogP contribution in [-0.4, -0.2) is 71.3 Å². The maximum Gasteiger partial charge on any atom is 0.337 e. The first-order chi connectivity index (χ1) is 14.7. The molecule has 1 saturated heterocycles. The number of rotatable bonds is 4. The summed E-state index contributed by atoms with van der Waals surface area (Å²) in [4.78, 5) is 26.8. The molecular formula is C22H27N5O3. The Morgan fingerprint density at radius 1 is 1.20 bits per heavy atom. The quantitative estimate of drug-likeness (QED) is 0.640. The molecule has 1 aliphatic carbocycles. The summed E-state index contributed by atoms with van der Waals surface area (Å²) in [5, 5.41) is 5.51. The number of methoxy groups -OCH3 is 1. The van der Waals surface area contributed by atoms with Gasteiger partial charge in [0, 0.05) is 36.1 Å². The van der Waals surface area contributed by atoms with Gasteiger partial charge < -0.3 is 19.8 Å². The summed E-state index contributed by atoms with van der Waals surface area (Å²) in [5.74, 6) is 0.474. The van der Waals surface area contributed by atoms with Crippen LogP contribution in [0, 0.1) is 0 Å². The molecule has 0 spiro atoms. The topological polar surface area (TPSA) is 92.4 Å². The van der Waals surface area contributed by atoms with Crippen LogP contribution in [0.3, 0.4) is 0 Å². The third-order valence-electron chi connectivity index (χ3n) is 6.41. The van der Waals surface area contributed by atoms with Crippen molar-refractivity contribution in [1.29, 1.82) is 0 Å². The Morgan fingerprint density at radius 2 is 2.00 bits per heavy atom. The predicted octanol–water partition coefficient (Wildman–Crippen LogP) is 2.95. The first-order valence-corrected chi connectivity index (χ1v) is 10.7. The molecular weight excluding hydrogens is 382 g/mol. The maximum absolute atomic E-state index is 12.0. The van der Waals surface area contributed by atoms with E-state index in [2.05, 4.69) is 25.2 Å². The third-order valence-corrected chi connectivity index (χ3v) is 6.41. The van der Waals surface area contributed by atoms with E-state index in [1.807, 2.05) is 12.1 Å². The molecule has 1 aliphatic heterocycles. The molecule has 158 valence electrons. The monoisotopic (exact) mass is 409 g/mol. The lowest BCUT2D eigenvalue weighted by molar-refractivity contribution is 0.00791. The van der Waals surface area contributed by atoms with Crippen molar-refractivity contribution in [1.82, 2.24) is 19.9 Å². The molecule has 0 atom stereocenters. The van der Waals surface area contributed by atoms with Crippen LogP contribution in [0.15, 0.2) is 24.5 Å². The molecule has 1 aromatic carbocycles. The van der Waals surface area contributed by atoms with E-state index < -0.39 is 0 Å². The number of esters is 1. The number of H-pyrrole nitrogens is 1. The summed E-state index contributed by atoms with van der Waals surface area (Å²) in [6.45, 7) is 3.80. The van der Waals surface area contributed by atoms with Crippen LogP contribution in [-0.2, 0) is 9.47 Å². The number of benzene rings is 1. The minimum atomic E-state index is -0.348. The number of carbonyl (C=O) groups is 1. The average Bonchev–Trinajstić information content (AvgIpc) is 3.18. The fraction of sp³-hybridized carbons (Fsp3) is 0.500. The number of nitrogens with one attached hydrogen (secondary N) is 2. The van der Waals surface area contributed by atoms with Gasteiger partial charge in [-0.3, -0.25) is 4.90 Å². The van der Waals surface area contributed by atoms with E-state index in [1.54, 1.807) is 12.4 Å². The van der Waals surface area contributed by atoms with Gasteiger partial charge in [0.2, 0.25) is 0 Å². The van der Waals surface area contributed by atoms with E-state index in [4.69, 9.17) is 9.47 Å². The first kappa shape index (κ1) is 19.3. The number of anilines is 1. The van der Waals surface area contributed by atoms with E-state index in [9.17, 15) is 4.79 Å². The van der Waals surface area contributed by atoms with Crippen molar-refractivity contribution >= 4 is 33.7 Å². The summed E-state index contributed by atoms with van der Waals surface area (Å²) in [6.07, 6.45) is 6.19. The van der Waals surface area contributed by atoms with Gasteiger partial charge in [-0.1, -0.05) is 0 Å². The Hall–Kier alpha value is -2.71. The molecule has 30 heavy (non-hydrogen) atoms. The number of hydrogen-bond acceptors (Lipinski definition) is 7. The van der Waals surface area contributed by atoms with Crippen molar-refractivity contribution < 1.29 is 14.3 Å². The van der Waals surface area contributed by atoms with E-state index in [0.717, 1.165) is 66.9 Å². The van der Waals surface area contributed by atoms with E-state index in [-0.39, 0.29) is 5.97 Å². The van der Waals surface area contributed by atoms with Gasteiger partial charge in [0.25, 0.3) is 0 Å². The zero-order valence-electron chi connectivity index (χ0n) is 17.2. The van der Waals surface area contributed by atoms with Crippen molar-refractivity contribution in [2.24, 2.45) is 0 Å². The number of ether oxygens (including phenoxy) is 2. The highest BCUT2D eigenvalue weighted by molar-refractivity contribution is 6.12. The van der Waals surface area contributed by atoms with Crippen LogP contribution >= 0.6 is 0 Å². The van der Waals surface area contributed by atoms with Gasteiger partial charge in [0.1, 0.15) is 17.8 Å². The third kappa shape index (κ3) is 3.61. The zero-order valence-corrected chi connectivity index (χ0v) is 17.2. The molecule has 0 radical (unpaired) electrons. The summed E-state index contributed by atoms with van der Waals surface area (Å²) in [7, 11) is 1.39. The molecule has 2 aliphatic rings. The molecule has 8 nitrogen and oxygen atoms in total. The second-order valence-electron chi connectivity index (χ2n) is 8.12. The highest BCUT2D eigenvalue weighted by Gasteiger charge is 2.27. The predicted molar refractivity (Wildman–Crippen MR) is 115 cm³/mol. The first-order valence-electron chi connectivity index (χ1n) is 10.7. The van der Waals surface area contributed by atoms with Crippen LogP contribution in [0.1, 0.15) is 36.0 Å². The Kier molecular flexibility index (Phi) is 5.26. The second kappa shape index (κ2) is 8.20. The number of nitrogens with zero attached hydrogens (tertiary/aromatic N) is 3. The van der Waals surface area contributed by atoms with Gasteiger partial charge in [-0.05, 0) is 43.9 Å². The maximum atomic E-state index is 12.0. The Labute approximate surface area is 175 Å². The smallest absolute Gasteiger partial charge is 0.337 e. The fourth-order valence-electron chi connectivity index (χ4n) is 4.80. The van der Waals surface area contributed by atoms with Crippen LogP contribution in [0.4, 0.5) is 5.82 Å². The Morgan fingerprint density at radius 3 is 2.77 bits per heavy atom. The number of aromatic amines is 1. The molecule has 2 aromatic heterocycles.